The van der Waals surface area contributed by atoms with E-state index in [0.29, 0.717) is 0 Å². The first kappa shape index (κ1) is 14.7. The Labute approximate surface area is 107 Å². The summed E-state index contributed by atoms with van der Waals surface area (Å²) < 4.78 is 0. The van der Waals surface area contributed by atoms with Crippen LogP contribution in [-0.2, 0) is 4.79 Å². The van der Waals surface area contributed by atoms with E-state index in [4.69, 9.17) is 0 Å². The molecule has 2 nitrogen and oxygen atoms in total. The topological polar surface area (TPSA) is 20.3 Å². The van der Waals surface area contributed by atoms with Gasteiger partial charge in [-0.15, -0.1) is 0 Å². The number of hydrogen-bond acceptors (Lipinski definition) is 2. The van der Waals surface area contributed by atoms with Gasteiger partial charge in [-0.25, -0.2) is 0 Å². The number of hydrogen-bond donors (Lipinski definition) is 0. The molecule has 0 aromatic carbocycles. The predicted octanol–water partition coefficient (Wildman–Crippen LogP) is 3.65. The summed E-state index contributed by atoms with van der Waals surface area (Å²) in [5.41, 5.74) is -0.104. The van der Waals surface area contributed by atoms with Crippen LogP contribution < -0.4 is 0 Å². The Balaban J connectivity index is 2.63. The molecule has 0 radical (unpaired) electrons. The summed E-state index contributed by atoms with van der Waals surface area (Å²) in [5, 5.41) is 0. The molecule has 0 aromatic heterocycles. The summed E-state index contributed by atoms with van der Waals surface area (Å²) >= 11 is 0. The third-order valence-corrected chi connectivity index (χ3v) is 4.67. The van der Waals surface area contributed by atoms with E-state index in [-0.39, 0.29) is 5.41 Å². The van der Waals surface area contributed by atoms with Crippen LogP contribution in [-0.4, -0.2) is 30.3 Å². The molecule has 0 aliphatic heterocycles. The average Bonchev–Trinajstić information content (AvgIpc) is 2.42. The van der Waals surface area contributed by atoms with E-state index in [2.05, 4.69) is 25.7 Å². The monoisotopic (exact) mass is 239 g/mol. The minimum Gasteiger partial charge on any atom is -0.303 e. The van der Waals surface area contributed by atoms with Crippen molar-refractivity contribution in [1.29, 1.82) is 0 Å². The summed E-state index contributed by atoms with van der Waals surface area (Å²) in [4.78, 5) is 14.0. The standard InChI is InChI=1S/C15H29NO/c1-4-15(5-2,13-17)12-16(6-3)14-10-8-7-9-11-14/h13-14H,4-12H2,1-3H3. The highest BCUT2D eigenvalue weighted by Crippen LogP contribution is 2.29. The highest BCUT2D eigenvalue weighted by atomic mass is 16.1. The van der Waals surface area contributed by atoms with E-state index < -0.39 is 0 Å². The maximum Gasteiger partial charge on any atom is 0.127 e. The third-order valence-electron chi connectivity index (χ3n) is 4.67. The van der Waals surface area contributed by atoms with E-state index in [0.717, 1.165) is 32.0 Å². The first-order valence-electron chi connectivity index (χ1n) is 7.41. The van der Waals surface area contributed by atoms with Crippen LogP contribution in [0.5, 0.6) is 0 Å². The fourth-order valence-corrected chi connectivity index (χ4v) is 3.03. The maximum absolute atomic E-state index is 11.4. The van der Waals surface area contributed by atoms with Crippen molar-refractivity contribution in [2.45, 2.75) is 71.8 Å². The number of aldehydes is 1. The highest BCUT2D eigenvalue weighted by Gasteiger charge is 2.31. The second-order valence-electron chi connectivity index (χ2n) is 5.54. The van der Waals surface area contributed by atoms with Crippen LogP contribution in [0.2, 0.25) is 0 Å². The van der Waals surface area contributed by atoms with Gasteiger partial charge < -0.3 is 4.79 Å². The number of rotatable bonds is 7. The molecule has 0 aromatic rings. The SMILES string of the molecule is CCN(CC(C=O)(CC)CC)C1CCCCC1. The van der Waals surface area contributed by atoms with Gasteiger partial charge in [-0.05, 0) is 32.2 Å². The largest absolute Gasteiger partial charge is 0.303 e. The summed E-state index contributed by atoms with van der Waals surface area (Å²) in [6, 6.07) is 0.728. The molecule has 0 spiro atoms. The van der Waals surface area contributed by atoms with Gasteiger partial charge in [0, 0.05) is 18.0 Å². The summed E-state index contributed by atoms with van der Waals surface area (Å²) in [6.07, 6.45) is 9.94. The van der Waals surface area contributed by atoms with Crippen molar-refractivity contribution in [2.75, 3.05) is 13.1 Å². The van der Waals surface area contributed by atoms with Crippen LogP contribution >= 0.6 is 0 Å². The van der Waals surface area contributed by atoms with E-state index in [1.807, 2.05) is 0 Å². The van der Waals surface area contributed by atoms with Gasteiger partial charge in [-0.2, -0.15) is 0 Å². The molecule has 0 saturated heterocycles. The van der Waals surface area contributed by atoms with Crippen molar-refractivity contribution >= 4 is 6.29 Å². The average molecular weight is 239 g/mol. The lowest BCUT2D eigenvalue weighted by Gasteiger charge is -2.39. The van der Waals surface area contributed by atoms with Gasteiger partial charge in [0.25, 0.3) is 0 Å². The maximum atomic E-state index is 11.4. The van der Waals surface area contributed by atoms with E-state index in [1.165, 1.54) is 38.4 Å². The smallest absolute Gasteiger partial charge is 0.127 e. The van der Waals surface area contributed by atoms with Crippen LogP contribution in [0.1, 0.15) is 65.7 Å². The van der Waals surface area contributed by atoms with Crippen LogP contribution in [0.4, 0.5) is 0 Å². The second-order valence-corrected chi connectivity index (χ2v) is 5.54. The van der Waals surface area contributed by atoms with Crippen LogP contribution in [0, 0.1) is 5.41 Å². The molecular formula is C15H29NO. The molecule has 0 N–H and O–H groups in total. The molecule has 1 aliphatic carbocycles. The van der Waals surface area contributed by atoms with E-state index in [9.17, 15) is 4.79 Å². The first-order valence-corrected chi connectivity index (χ1v) is 7.41. The van der Waals surface area contributed by atoms with Crippen molar-refractivity contribution in [3.05, 3.63) is 0 Å². The number of carbonyl (C=O) groups is 1. The van der Waals surface area contributed by atoms with Gasteiger partial charge in [0.05, 0.1) is 0 Å². The summed E-state index contributed by atoms with van der Waals surface area (Å²) in [6.45, 7) is 8.57. The first-order chi connectivity index (χ1) is 8.21. The third kappa shape index (κ3) is 3.80. The fourth-order valence-electron chi connectivity index (χ4n) is 3.03. The lowest BCUT2D eigenvalue weighted by Crippen LogP contribution is -2.44. The zero-order valence-electron chi connectivity index (χ0n) is 11.9. The zero-order valence-corrected chi connectivity index (χ0v) is 11.9. The molecule has 0 unspecified atom stereocenters. The minimum absolute atomic E-state index is 0.104. The Morgan fingerprint density at radius 2 is 1.71 bits per heavy atom. The van der Waals surface area contributed by atoms with Crippen molar-refractivity contribution < 1.29 is 4.79 Å². The molecule has 17 heavy (non-hydrogen) atoms. The van der Waals surface area contributed by atoms with Gasteiger partial charge in [0.2, 0.25) is 0 Å². The summed E-state index contributed by atoms with van der Waals surface area (Å²) in [7, 11) is 0. The molecule has 1 rings (SSSR count). The molecule has 0 heterocycles. The quantitative estimate of drug-likeness (QED) is 0.632. The van der Waals surface area contributed by atoms with Gasteiger partial charge >= 0.3 is 0 Å². The Hall–Kier alpha value is -0.370. The Kier molecular flexibility index (Phi) is 6.18. The molecule has 0 amide bonds. The van der Waals surface area contributed by atoms with Gasteiger partial charge in [-0.1, -0.05) is 40.0 Å². The van der Waals surface area contributed by atoms with Crippen molar-refractivity contribution in [1.82, 2.24) is 4.90 Å². The predicted molar refractivity (Wildman–Crippen MR) is 73.2 cm³/mol. The molecule has 1 aliphatic rings. The highest BCUT2D eigenvalue weighted by molar-refractivity contribution is 5.59. The zero-order chi connectivity index (χ0) is 12.7. The van der Waals surface area contributed by atoms with Crippen molar-refractivity contribution in [3.8, 4) is 0 Å². The normalized spacial score (nSPS) is 18.6. The van der Waals surface area contributed by atoms with Gasteiger partial charge in [0.1, 0.15) is 6.29 Å². The Morgan fingerprint density at radius 3 is 2.12 bits per heavy atom. The molecule has 1 fully saturated rings. The van der Waals surface area contributed by atoms with Crippen molar-refractivity contribution in [3.63, 3.8) is 0 Å². The molecule has 0 bridgehead atoms. The number of carbonyl (C=O) groups excluding carboxylic acids is 1. The molecule has 1 saturated carbocycles. The lowest BCUT2D eigenvalue weighted by atomic mass is 9.82. The van der Waals surface area contributed by atoms with Crippen LogP contribution in [0.3, 0.4) is 0 Å². The Bertz CT molecular complexity index is 217. The minimum atomic E-state index is -0.104. The summed E-state index contributed by atoms with van der Waals surface area (Å²) in [5.74, 6) is 0. The van der Waals surface area contributed by atoms with E-state index >= 15 is 0 Å². The Morgan fingerprint density at radius 1 is 1.12 bits per heavy atom. The fraction of sp³-hybridized carbons (Fsp3) is 0.933. The van der Waals surface area contributed by atoms with E-state index in [1.54, 1.807) is 0 Å². The number of nitrogens with zero attached hydrogens (tertiary/aromatic N) is 1. The van der Waals surface area contributed by atoms with Crippen LogP contribution in [0.25, 0.3) is 0 Å². The lowest BCUT2D eigenvalue weighted by molar-refractivity contribution is -0.118. The van der Waals surface area contributed by atoms with Crippen LogP contribution in [0.15, 0.2) is 0 Å². The van der Waals surface area contributed by atoms with Gasteiger partial charge in [0.15, 0.2) is 0 Å². The molecule has 0 atom stereocenters. The van der Waals surface area contributed by atoms with Crippen molar-refractivity contribution in [2.24, 2.45) is 5.41 Å². The molecular weight excluding hydrogens is 210 g/mol. The second kappa shape index (κ2) is 7.15. The molecule has 2 heteroatoms. The van der Waals surface area contributed by atoms with Gasteiger partial charge in [-0.3, -0.25) is 4.90 Å². The molecule has 100 valence electrons.